The van der Waals surface area contributed by atoms with E-state index in [1.807, 2.05) is 47.9 Å². The van der Waals surface area contributed by atoms with Crippen molar-refractivity contribution in [3.8, 4) is 28.6 Å². The second kappa shape index (κ2) is 11.6. The number of nitrogens with zero attached hydrogens (tertiary/aromatic N) is 4. The fraction of sp³-hybridized carbons (Fsp3) is 0.120. The largest absolute Gasteiger partial charge is 0.503 e. The van der Waals surface area contributed by atoms with Gasteiger partial charge < -0.3 is 9.84 Å². The van der Waals surface area contributed by atoms with Crippen LogP contribution in [-0.2, 0) is 4.79 Å². The number of aromatic hydroxyl groups is 1. The summed E-state index contributed by atoms with van der Waals surface area (Å²) in [6.07, 6.45) is 1.46. The summed E-state index contributed by atoms with van der Waals surface area (Å²) in [5.41, 5.74) is 6.00. The van der Waals surface area contributed by atoms with Gasteiger partial charge in [0, 0.05) is 16.3 Å². The SMILES string of the molecule is COc1cc(C=NNC(=O)CSc2nnc(-c3ccc(C)cc3)n2-c2ccc(Cl)cc2)cc(Br)c1O. The number of nitrogens with one attached hydrogen (secondary N) is 1. The Balaban J connectivity index is 1.49. The molecule has 4 aromatic rings. The zero-order valence-corrected chi connectivity index (χ0v) is 22.4. The van der Waals surface area contributed by atoms with Crippen LogP contribution < -0.4 is 10.2 Å². The molecule has 8 nitrogen and oxygen atoms in total. The number of rotatable bonds is 8. The second-order valence-electron chi connectivity index (χ2n) is 7.62. The van der Waals surface area contributed by atoms with Gasteiger partial charge in [-0.3, -0.25) is 9.36 Å². The van der Waals surface area contributed by atoms with Gasteiger partial charge in [-0.05, 0) is 64.8 Å². The number of amides is 1. The van der Waals surface area contributed by atoms with Crippen LogP contribution in [0, 0.1) is 6.92 Å². The quantitative estimate of drug-likeness (QED) is 0.158. The van der Waals surface area contributed by atoms with E-state index in [0.29, 0.717) is 31.8 Å². The smallest absolute Gasteiger partial charge is 0.250 e. The molecule has 0 fully saturated rings. The summed E-state index contributed by atoms with van der Waals surface area (Å²) in [5.74, 6) is 0.691. The van der Waals surface area contributed by atoms with Gasteiger partial charge in [0.2, 0.25) is 0 Å². The van der Waals surface area contributed by atoms with Crippen LogP contribution >= 0.6 is 39.3 Å². The van der Waals surface area contributed by atoms with Gasteiger partial charge in [0.1, 0.15) is 0 Å². The van der Waals surface area contributed by atoms with Gasteiger partial charge >= 0.3 is 0 Å². The average molecular weight is 587 g/mol. The molecule has 0 spiro atoms. The molecule has 0 unspecified atom stereocenters. The third-order valence-electron chi connectivity index (χ3n) is 5.03. The summed E-state index contributed by atoms with van der Waals surface area (Å²) in [6, 6.07) is 18.6. The van der Waals surface area contributed by atoms with Crippen molar-refractivity contribution < 1.29 is 14.6 Å². The molecule has 1 heterocycles. The highest BCUT2D eigenvalue weighted by molar-refractivity contribution is 9.10. The van der Waals surface area contributed by atoms with E-state index in [1.54, 1.807) is 24.3 Å². The molecule has 0 aliphatic rings. The van der Waals surface area contributed by atoms with Gasteiger partial charge in [-0.15, -0.1) is 10.2 Å². The monoisotopic (exact) mass is 585 g/mol. The van der Waals surface area contributed by atoms with Crippen LogP contribution in [0.4, 0.5) is 0 Å². The molecule has 0 aliphatic carbocycles. The van der Waals surface area contributed by atoms with Crippen molar-refractivity contribution in [3.63, 3.8) is 0 Å². The molecule has 0 bridgehead atoms. The maximum Gasteiger partial charge on any atom is 0.250 e. The van der Waals surface area contributed by atoms with Gasteiger partial charge in [0.25, 0.3) is 5.91 Å². The summed E-state index contributed by atoms with van der Waals surface area (Å²) in [7, 11) is 1.45. The van der Waals surface area contributed by atoms with Crippen LogP contribution in [0.25, 0.3) is 17.1 Å². The molecule has 2 N–H and O–H groups in total. The summed E-state index contributed by atoms with van der Waals surface area (Å²) in [4.78, 5) is 12.5. The van der Waals surface area contributed by atoms with Crippen molar-refractivity contribution in [2.45, 2.75) is 12.1 Å². The lowest BCUT2D eigenvalue weighted by molar-refractivity contribution is -0.118. The second-order valence-corrected chi connectivity index (χ2v) is 9.85. The van der Waals surface area contributed by atoms with Gasteiger partial charge in [-0.1, -0.05) is 53.2 Å². The first-order valence-electron chi connectivity index (χ1n) is 10.7. The Hall–Kier alpha value is -3.34. The number of phenolic OH excluding ortho intramolecular Hbond substituents is 1. The van der Waals surface area contributed by atoms with Crippen LogP contribution in [0.3, 0.4) is 0 Å². The normalized spacial score (nSPS) is 11.1. The Kier molecular flexibility index (Phi) is 8.29. The zero-order chi connectivity index (χ0) is 25.7. The molecular formula is C25H21BrClN5O3S. The van der Waals surface area contributed by atoms with Crippen molar-refractivity contribution >= 4 is 51.4 Å². The number of methoxy groups -OCH3 is 1. The summed E-state index contributed by atoms with van der Waals surface area (Å²) in [6.45, 7) is 2.02. The van der Waals surface area contributed by atoms with Crippen LogP contribution in [0.15, 0.2) is 75.4 Å². The fourth-order valence-corrected chi connectivity index (χ4v) is 4.57. The highest BCUT2D eigenvalue weighted by Gasteiger charge is 2.17. The van der Waals surface area contributed by atoms with E-state index in [-0.39, 0.29) is 17.4 Å². The first kappa shape index (κ1) is 25.7. The summed E-state index contributed by atoms with van der Waals surface area (Å²) < 4.78 is 7.47. The molecule has 36 heavy (non-hydrogen) atoms. The molecule has 0 saturated carbocycles. The minimum Gasteiger partial charge on any atom is -0.503 e. The Morgan fingerprint density at radius 1 is 1.19 bits per heavy atom. The Bertz CT molecular complexity index is 1410. The molecule has 0 atom stereocenters. The molecular weight excluding hydrogens is 566 g/mol. The van der Waals surface area contributed by atoms with E-state index in [9.17, 15) is 9.90 Å². The van der Waals surface area contributed by atoms with Crippen molar-refractivity contribution in [1.29, 1.82) is 0 Å². The number of hydrogen-bond acceptors (Lipinski definition) is 7. The topological polar surface area (TPSA) is 102 Å². The number of ether oxygens (including phenoxy) is 1. The average Bonchev–Trinajstić information content (AvgIpc) is 3.29. The summed E-state index contributed by atoms with van der Waals surface area (Å²) >= 11 is 10.6. The molecule has 0 aliphatic heterocycles. The number of carbonyl (C=O) groups is 1. The third kappa shape index (κ3) is 6.07. The van der Waals surface area contributed by atoms with Gasteiger partial charge in [-0.25, -0.2) is 5.43 Å². The molecule has 11 heteroatoms. The zero-order valence-electron chi connectivity index (χ0n) is 19.3. The van der Waals surface area contributed by atoms with Gasteiger partial charge in [-0.2, -0.15) is 5.10 Å². The molecule has 0 saturated heterocycles. The third-order valence-corrected chi connectivity index (χ3v) is 6.82. The maximum atomic E-state index is 12.5. The lowest BCUT2D eigenvalue weighted by atomic mass is 10.1. The lowest BCUT2D eigenvalue weighted by Crippen LogP contribution is -2.20. The Morgan fingerprint density at radius 2 is 1.92 bits per heavy atom. The van der Waals surface area contributed by atoms with Gasteiger partial charge in [0.15, 0.2) is 22.5 Å². The molecule has 0 radical (unpaired) electrons. The first-order chi connectivity index (χ1) is 17.4. The standard InChI is InChI=1S/C25H21BrClN5O3S/c1-15-3-5-17(6-4-15)24-30-31-25(32(24)19-9-7-18(27)8-10-19)36-14-22(33)29-28-13-16-11-20(26)23(34)21(12-16)35-2/h3-13,34H,14H2,1-2H3,(H,29,33). The van der Waals surface area contributed by atoms with Crippen molar-refractivity contribution in [2.24, 2.45) is 5.10 Å². The van der Waals surface area contributed by atoms with E-state index in [1.165, 1.54) is 25.1 Å². The molecule has 4 rings (SSSR count). The predicted molar refractivity (Wildman–Crippen MR) is 145 cm³/mol. The highest BCUT2D eigenvalue weighted by atomic mass is 79.9. The molecule has 184 valence electrons. The van der Waals surface area contributed by atoms with Crippen molar-refractivity contribution in [3.05, 3.63) is 81.3 Å². The van der Waals surface area contributed by atoms with Crippen LogP contribution in [0.5, 0.6) is 11.5 Å². The number of benzene rings is 3. The van der Waals surface area contributed by atoms with Crippen molar-refractivity contribution in [2.75, 3.05) is 12.9 Å². The van der Waals surface area contributed by atoms with E-state index < -0.39 is 0 Å². The molecule has 3 aromatic carbocycles. The van der Waals surface area contributed by atoms with Crippen LogP contribution in [0.2, 0.25) is 5.02 Å². The van der Waals surface area contributed by atoms with Crippen LogP contribution in [0.1, 0.15) is 11.1 Å². The number of phenols is 1. The number of carbonyl (C=O) groups excluding carboxylic acids is 1. The van der Waals surface area contributed by atoms with Gasteiger partial charge in [0.05, 0.1) is 23.5 Å². The predicted octanol–water partition coefficient (Wildman–Crippen LogP) is 5.62. The number of hydrazone groups is 1. The number of aryl methyl sites for hydroxylation is 1. The summed E-state index contributed by atoms with van der Waals surface area (Å²) in [5, 5.41) is 23.8. The molecule has 1 amide bonds. The maximum absolute atomic E-state index is 12.5. The van der Waals surface area contributed by atoms with Crippen LogP contribution in [-0.4, -0.2) is 44.9 Å². The molecule has 1 aromatic heterocycles. The lowest BCUT2D eigenvalue weighted by Gasteiger charge is -2.10. The van der Waals surface area contributed by atoms with E-state index in [4.69, 9.17) is 16.3 Å². The van der Waals surface area contributed by atoms with E-state index >= 15 is 0 Å². The van der Waals surface area contributed by atoms with E-state index in [0.717, 1.165) is 16.8 Å². The minimum atomic E-state index is -0.316. The number of halogens is 2. The Morgan fingerprint density at radius 3 is 2.61 bits per heavy atom. The van der Waals surface area contributed by atoms with Crippen molar-refractivity contribution in [1.82, 2.24) is 20.2 Å². The Labute approximate surface area is 225 Å². The first-order valence-corrected chi connectivity index (χ1v) is 12.8. The highest BCUT2D eigenvalue weighted by Crippen LogP contribution is 2.34. The minimum absolute atomic E-state index is 0.00936. The number of aromatic nitrogens is 3. The number of hydrogen-bond donors (Lipinski definition) is 2. The fourth-order valence-electron chi connectivity index (χ4n) is 3.24. The van der Waals surface area contributed by atoms with E-state index in [2.05, 4.69) is 36.7 Å². The number of thioether (sulfide) groups is 1.